The Hall–Kier alpha value is -1.10. The molecule has 90 valence electrons. The fraction of sp³-hybridized carbons (Fsp3) is 0.500. The van der Waals surface area contributed by atoms with Crippen molar-refractivity contribution in [2.45, 2.75) is 6.42 Å². The molecule has 0 spiro atoms. The number of anilines is 1. The lowest BCUT2D eigenvalue weighted by molar-refractivity contribution is 0.0340. The Morgan fingerprint density at radius 2 is 1.69 bits per heavy atom. The van der Waals surface area contributed by atoms with Crippen LogP contribution in [0.4, 0.5) is 5.69 Å². The molecule has 1 rings (SSSR count). The van der Waals surface area contributed by atoms with Crippen molar-refractivity contribution in [3.63, 3.8) is 0 Å². The predicted molar refractivity (Wildman–Crippen MR) is 63.3 cm³/mol. The molecule has 0 aliphatic carbocycles. The van der Waals surface area contributed by atoms with Crippen LogP contribution in [0.25, 0.3) is 0 Å². The Morgan fingerprint density at radius 3 is 2.38 bits per heavy atom. The largest absolute Gasteiger partial charge is 0.399 e. The second kappa shape index (κ2) is 8.10. The van der Waals surface area contributed by atoms with Crippen LogP contribution in [0.15, 0.2) is 24.3 Å². The number of para-hydroxylation sites is 1. The summed E-state index contributed by atoms with van der Waals surface area (Å²) >= 11 is 0. The molecule has 0 heterocycles. The van der Waals surface area contributed by atoms with Crippen LogP contribution in [0.3, 0.4) is 0 Å². The summed E-state index contributed by atoms with van der Waals surface area (Å²) in [5, 5.41) is 8.47. The van der Waals surface area contributed by atoms with E-state index in [1.54, 1.807) is 0 Å². The smallest absolute Gasteiger partial charge is 0.0701 e. The minimum atomic E-state index is 0.0561. The maximum atomic E-state index is 8.47. The Kier molecular flexibility index (Phi) is 6.56. The summed E-state index contributed by atoms with van der Waals surface area (Å²) in [7, 11) is 0. The molecule has 0 aliphatic rings. The number of nitrogens with two attached hydrogens (primary N) is 1. The van der Waals surface area contributed by atoms with Crippen molar-refractivity contribution in [3.05, 3.63) is 29.8 Å². The van der Waals surface area contributed by atoms with Gasteiger partial charge in [0.25, 0.3) is 0 Å². The van der Waals surface area contributed by atoms with Crippen molar-refractivity contribution in [2.75, 3.05) is 38.8 Å². The topological polar surface area (TPSA) is 64.7 Å². The van der Waals surface area contributed by atoms with Gasteiger partial charge in [-0.2, -0.15) is 0 Å². The fourth-order valence-electron chi connectivity index (χ4n) is 1.33. The maximum absolute atomic E-state index is 8.47. The van der Waals surface area contributed by atoms with E-state index in [0.29, 0.717) is 26.4 Å². The van der Waals surface area contributed by atoms with E-state index >= 15 is 0 Å². The van der Waals surface area contributed by atoms with Gasteiger partial charge in [-0.05, 0) is 18.1 Å². The van der Waals surface area contributed by atoms with Crippen LogP contribution >= 0.6 is 0 Å². The zero-order valence-corrected chi connectivity index (χ0v) is 9.39. The van der Waals surface area contributed by atoms with Crippen LogP contribution in [0, 0.1) is 0 Å². The molecule has 0 amide bonds. The molecule has 0 fully saturated rings. The zero-order valence-electron chi connectivity index (χ0n) is 9.39. The van der Waals surface area contributed by atoms with E-state index in [1.807, 2.05) is 24.3 Å². The van der Waals surface area contributed by atoms with Gasteiger partial charge in [0, 0.05) is 5.69 Å². The monoisotopic (exact) mass is 225 g/mol. The number of benzene rings is 1. The lowest BCUT2D eigenvalue weighted by atomic mass is 10.1. The third-order valence-electron chi connectivity index (χ3n) is 2.18. The Balaban J connectivity index is 2.05. The van der Waals surface area contributed by atoms with Crippen molar-refractivity contribution in [2.24, 2.45) is 0 Å². The molecule has 0 bridgehead atoms. The Labute approximate surface area is 96.0 Å². The van der Waals surface area contributed by atoms with Crippen molar-refractivity contribution in [1.29, 1.82) is 0 Å². The second-order valence-electron chi connectivity index (χ2n) is 3.40. The van der Waals surface area contributed by atoms with E-state index in [9.17, 15) is 0 Å². The minimum Gasteiger partial charge on any atom is -0.399 e. The minimum absolute atomic E-state index is 0.0561. The average Bonchev–Trinajstić information content (AvgIpc) is 2.30. The van der Waals surface area contributed by atoms with Gasteiger partial charge in [0.1, 0.15) is 0 Å². The van der Waals surface area contributed by atoms with E-state index in [2.05, 4.69) is 0 Å². The molecule has 0 atom stereocenters. The molecule has 1 aromatic carbocycles. The van der Waals surface area contributed by atoms with Crippen LogP contribution in [-0.4, -0.2) is 38.1 Å². The molecule has 0 saturated heterocycles. The molecule has 0 radical (unpaired) electrons. The number of nitrogen functional groups attached to an aromatic ring is 1. The van der Waals surface area contributed by atoms with Crippen LogP contribution in [0.5, 0.6) is 0 Å². The highest BCUT2D eigenvalue weighted by Crippen LogP contribution is 2.10. The SMILES string of the molecule is Nc1ccccc1CCOCCOCCO. The van der Waals surface area contributed by atoms with Crippen LogP contribution in [0.2, 0.25) is 0 Å². The maximum Gasteiger partial charge on any atom is 0.0701 e. The first-order valence-corrected chi connectivity index (χ1v) is 5.44. The summed E-state index contributed by atoms with van der Waals surface area (Å²) in [5.41, 5.74) is 7.71. The van der Waals surface area contributed by atoms with Crippen LogP contribution in [0.1, 0.15) is 5.56 Å². The van der Waals surface area contributed by atoms with Gasteiger partial charge in [-0.25, -0.2) is 0 Å². The summed E-state index contributed by atoms with van der Waals surface area (Å²) in [5.74, 6) is 0. The van der Waals surface area contributed by atoms with Crippen molar-refractivity contribution >= 4 is 5.69 Å². The van der Waals surface area contributed by atoms with E-state index in [-0.39, 0.29) is 6.61 Å². The predicted octanol–water partition coefficient (Wildman–Crippen LogP) is 0.837. The summed E-state index contributed by atoms with van der Waals surface area (Å²) in [6, 6.07) is 7.78. The van der Waals surface area contributed by atoms with Gasteiger partial charge >= 0.3 is 0 Å². The normalized spacial score (nSPS) is 10.6. The van der Waals surface area contributed by atoms with Gasteiger partial charge in [-0.3, -0.25) is 0 Å². The fourth-order valence-corrected chi connectivity index (χ4v) is 1.33. The van der Waals surface area contributed by atoms with E-state index in [0.717, 1.165) is 17.7 Å². The van der Waals surface area contributed by atoms with Gasteiger partial charge in [0.05, 0.1) is 33.0 Å². The molecular formula is C12H19NO3. The molecule has 0 unspecified atom stereocenters. The number of ether oxygens (including phenoxy) is 2. The number of aliphatic hydroxyl groups excluding tert-OH is 1. The first-order chi connectivity index (χ1) is 7.84. The molecule has 1 aromatic rings. The van der Waals surface area contributed by atoms with Crippen molar-refractivity contribution < 1.29 is 14.6 Å². The van der Waals surface area contributed by atoms with Crippen LogP contribution in [-0.2, 0) is 15.9 Å². The summed E-state index contributed by atoms with van der Waals surface area (Å²) < 4.78 is 10.4. The molecule has 0 aliphatic heterocycles. The third kappa shape index (κ3) is 5.11. The van der Waals surface area contributed by atoms with Gasteiger partial charge in [0.15, 0.2) is 0 Å². The first kappa shape index (κ1) is 13.0. The highest BCUT2D eigenvalue weighted by molar-refractivity contribution is 5.46. The standard InChI is InChI=1S/C12H19NO3/c13-12-4-2-1-3-11(12)5-7-15-9-10-16-8-6-14/h1-4,14H,5-10,13H2. The number of hydrogen-bond acceptors (Lipinski definition) is 4. The molecular weight excluding hydrogens is 206 g/mol. The van der Waals surface area contributed by atoms with Gasteiger partial charge in [-0.1, -0.05) is 18.2 Å². The number of rotatable bonds is 8. The molecule has 0 saturated carbocycles. The Bertz CT molecular complexity index is 291. The van der Waals surface area contributed by atoms with E-state index in [4.69, 9.17) is 20.3 Å². The van der Waals surface area contributed by atoms with Gasteiger partial charge < -0.3 is 20.3 Å². The Morgan fingerprint density at radius 1 is 1.00 bits per heavy atom. The van der Waals surface area contributed by atoms with Crippen molar-refractivity contribution in [3.8, 4) is 0 Å². The lowest BCUT2D eigenvalue weighted by Gasteiger charge is -2.06. The lowest BCUT2D eigenvalue weighted by Crippen LogP contribution is -2.09. The molecule has 3 N–H and O–H groups in total. The first-order valence-electron chi connectivity index (χ1n) is 5.44. The molecule has 4 nitrogen and oxygen atoms in total. The zero-order chi connectivity index (χ0) is 11.6. The van der Waals surface area contributed by atoms with E-state index < -0.39 is 0 Å². The third-order valence-corrected chi connectivity index (χ3v) is 2.18. The van der Waals surface area contributed by atoms with Gasteiger partial charge in [-0.15, -0.1) is 0 Å². The average molecular weight is 225 g/mol. The van der Waals surface area contributed by atoms with Gasteiger partial charge in [0.2, 0.25) is 0 Å². The van der Waals surface area contributed by atoms with E-state index in [1.165, 1.54) is 0 Å². The van der Waals surface area contributed by atoms with Crippen LogP contribution < -0.4 is 5.73 Å². The quantitative estimate of drug-likeness (QED) is 0.508. The number of hydrogen-bond donors (Lipinski definition) is 2. The highest BCUT2D eigenvalue weighted by atomic mass is 16.5. The van der Waals surface area contributed by atoms with Crippen molar-refractivity contribution in [1.82, 2.24) is 0 Å². The molecule has 4 heteroatoms. The second-order valence-corrected chi connectivity index (χ2v) is 3.40. The highest BCUT2D eigenvalue weighted by Gasteiger charge is 1.97. The summed E-state index contributed by atoms with van der Waals surface area (Å²) in [6.07, 6.45) is 0.812. The molecule has 0 aromatic heterocycles. The molecule has 16 heavy (non-hydrogen) atoms. The number of aliphatic hydroxyl groups is 1. The summed E-state index contributed by atoms with van der Waals surface area (Å²) in [6.45, 7) is 2.13. The summed E-state index contributed by atoms with van der Waals surface area (Å²) in [4.78, 5) is 0.